The first kappa shape index (κ1) is 39.0. The monoisotopic (exact) mass is 745 g/mol. The van der Waals surface area contributed by atoms with Gasteiger partial charge in [-0.3, -0.25) is 19.4 Å². The van der Waals surface area contributed by atoms with Crippen molar-refractivity contribution in [3.63, 3.8) is 0 Å². The normalized spacial score (nSPS) is 20.3. The average molecular weight is 746 g/mol. The number of nitrogens with zero attached hydrogens (tertiary/aromatic N) is 3. The first-order valence-electron chi connectivity index (χ1n) is 17.8. The molecule has 1 N–H and O–H groups in total. The number of piperidine rings is 2. The summed E-state index contributed by atoms with van der Waals surface area (Å²) in [5, 5.41) is 13.7. The number of hydrogen-bond acceptors (Lipinski definition) is 9. The van der Waals surface area contributed by atoms with E-state index in [9.17, 15) is 32.7 Å². The number of aliphatic hydroxyl groups is 1. The number of carbonyl (C=O) groups excluding carboxylic acids is 3. The summed E-state index contributed by atoms with van der Waals surface area (Å²) in [4.78, 5) is 48.5. The fourth-order valence-corrected chi connectivity index (χ4v) is 7.88. The van der Waals surface area contributed by atoms with Crippen molar-refractivity contribution in [2.24, 2.45) is 0 Å². The Bertz CT molecular complexity index is 1710. The van der Waals surface area contributed by atoms with Gasteiger partial charge >= 0.3 is 12.1 Å². The number of ether oxygens (including phenoxy) is 3. The summed E-state index contributed by atoms with van der Waals surface area (Å²) in [5.74, 6) is -0.598. The van der Waals surface area contributed by atoms with Crippen LogP contribution in [0.15, 0.2) is 54.2 Å². The predicted molar refractivity (Wildman–Crippen MR) is 188 cm³/mol. The van der Waals surface area contributed by atoms with Crippen LogP contribution in [0.2, 0.25) is 0 Å². The largest absolute Gasteiger partial charge is 0.493 e. The van der Waals surface area contributed by atoms with E-state index in [1.54, 1.807) is 41.5 Å². The van der Waals surface area contributed by atoms with Crippen LogP contribution in [0, 0.1) is 6.92 Å². The minimum Gasteiger partial charge on any atom is -0.493 e. The number of thiophene rings is 1. The highest BCUT2D eigenvalue weighted by Gasteiger charge is 2.56. The van der Waals surface area contributed by atoms with Gasteiger partial charge in [-0.2, -0.15) is 13.2 Å². The Labute approximate surface area is 305 Å². The van der Waals surface area contributed by atoms with Gasteiger partial charge in [0.2, 0.25) is 5.60 Å². The summed E-state index contributed by atoms with van der Waals surface area (Å²) in [6.07, 6.45) is -0.423. The van der Waals surface area contributed by atoms with Gasteiger partial charge in [-0.15, -0.1) is 11.3 Å². The molecule has 2 amide bonds. The van der Waals surface area contributed by atoms with Crippen molar-refractivity contribution < 1.29 is 46.9 Å². The molecule has 0 bridgehead atoms. The van der Waals surface area contributed by atoms with Crippen molar-refractivity contribution in [2.75, 3.05) is 32.8 Å². The van der Waals surface area contributed by atoms with Crippen LogP contribution in [0.1, 0.15) is 91.6 Å². The maximum Gasteiger partial charge on any atom is 0.417 e. The van der Waals surface area contributed by atoms with E-state index in [4.69, 9.17) is 14.2 Å². The summed E-state index contributed by atoms with van der Waals surface area (Å²) in [7, 11) is 0. The van der Waals surface area contributed by atoms with Gasteiger partial charge in [0.15, 0.2) is 0 Å². The third kappa shape index (κ3) is 8.54. The van der Waals surface area contributed by atoms with Crippen LogP contribution in [-0.4, -0.2) is 82.2 Å². The van der Waals surface area contributed by atoms with Gasteiger partial charge in [0.1, 0.15) is 11.5 Å². The number of alkyl halides is 3. The molecule has 282 valence electrons. The van der Waals surface area contributed by atoms with Crippen LogP contribution < -0.4 is 9.47 Å². The second-order valence-corrected chi connectivity index (χ2v) is 14.4. The number of carbonyl (C=O) groups is 3. The van der Waals surface area contributed by atoms with E-state index in [0.29, 0.717) is 49.4 Å². The fourth-order valence-electron chi connectivity index (χ4n) is 7.28. The molecule has 3 aromatic rings. The number of halogens is 3. The van der Waals surface area contributed by atoms with Crippen molar-refractivity contribution in [1.82, 2.24) is 14.8 Å². The van der Waals surface area contributed by atoms with Crippen LogP contribution in [-0.2, 0) is 26.1 Å². The number of para-hydroxylation sites is 1. The summed E-state index contributed by atoms with van der Waals surface area (Å²) in [5.41, 5.74) is -3.99. The maximum absolute atomic E-state index is 14.9. The average Bonchev–Trinajstić information content (AvgIpc) is 3.54. The van der Waals surface area contributed by atoms with Crippen molar-refractivity contribution in [3.05, 3.63) is 75.7 Å². The number of likely N-dealkylation sites (tertiary alicyclic amines) is 2. The molecule has 0 unspecified atom stereocenters. The topological polar surface area (TPSA) is 119 Å². The number of pyridine rings is 1. The summed E-state index contributed by atoms with van der Waals surface area (Å²) in [6, 6.07) is 8.87. The summed E-state index contributed by atoms with van der Waals surface area (Å²) >= 11 is 1.44. The van der Waals surface area contributed by atoms with Crippen LogP contribution in [0.3, 0.4) is 0 Å². The van der Waals surface area contributed by atoms with Gasteiger partial charge in [-0.1, -0.05) is 31.5 Å². The van der Waals surface area contributed by atoms with Gasteiger partial charge in [0.05, 0.1) is 36.0 Å². The Morgan fingerprint density at radius 3 is 2.50 bits per heavy atom. The molecule has 0 saturated carbocycles. The van der Waals surface area contributed by atoms with E-state index in [0.717, 1.165) is 23.3 Å². The van der Waals surface area contributed by atoms with Crippen molar-refractivity contribution in [3.8, 4) is 11.5 Å². The van der Waals surface area contributed by atoms with Crippen molar-refractivity contribution in [1.29, 1.82) is 0 Å². The molecular weight excluding hydrogens is 699 g/mol. The van der Waals surface area contributed by atoms with Gasteiger partial charge in [0.25, 0.3) is 11.8 Å². The lowest BCUT2D eigenvalue weighted by Gasteiger charge is -2.51. The zero-order valence-electron chi connectivity index (χ0n) is 29.7. The van der Waals surface area contributed by atoms with Crippen LogP contribution in [0.5, 0.6) is 11.5 Å². The molecule has 2 atom stereocenters. The molecule has 5 rings (SSSR count). The molecule has 4 heterocycles. The fraction of sp³-hybridized carbons (Fsp3) is 0.526. The highest BCUT2D eigenvalue weighted by atomic mass is 32.1. The molecular formula is C38H46F3N3O7S. The number of amides is 2. The van der Waals surface area contributed by atoms with E-state index in [1.165, 1.54) is 16.2 Å². The minimum absolute atomic E-state index is 0.146. The lowest BCUT2D eigenvalue weighted by molar-refractivity contribution is -0.163. The number of benzene rings is 1. The Morgan fingerprint density at radius 2 is 1.83 bits per heavy atom. The lowest BCUT2D eigenvalue weighted by Crippen LogP contribution is -2.68. The van der Waals surface area contributed by atoms with E-state index >= 15 is 0 Å². The zero-order valence-corrected chi connectivity index (χ0v) is 30.6. The molecule has 2 saturated heterocycles. The highest BCUT2D eigenvalue weighted by molar-refractivity contribution is 7.10. The number of esters is 1. The number of rotatable bonds is 13. The smallest absolute Gasteiger partial charge is 0.417 e. The first-order valence-corrected chi connectivity index (χ1v) is 18.7. The lowest BCUT2D eigenvalue weighted by atomic mass is 9.78. The van der Waals surface area contributed by atoms with Gasteiger partial charge in [0, 0.05) is 60.7 Å². The van der Waals surface area contributed by atoms with E-state index in [-0.39, 0.29) is 63.8 Å². The quantitative estimate of drug-likeness (QED) is 0.148. The van der Waals surface area contributed by atoms with Gasteiger partial charge in [-0.05, 0) is 64.2 Å². The third-order valence-corrected chi connectivity index (χ3v) is 10.6. The minimum atomic E-state index is -4.78. The molecule has 0 aliphatic carbocycles. The molecule has 10 nitrogen and oxygen atoms in total. The first-order chi connectivity index (χ1) is 24.8. The standard InChI is InChI=1S/C38H46F3N3O7S/c1-4-10-32-37(51-27-23-26(3)52-25-27,15-9-19-44(32)34(46)28-24-42-18-14-29(28)38(39,40)41)35(47)43-20-16-36(48,17-21-43)30-11-6-7-12-31(30)50-22-8-13-33(45)49-5-2/h6-7,11-12,14,18,23-25,32,48H,4-5,8-10,13,15-17,19-22H2,1-3H3/t32-,37+/m1/s1. The third-order valence-electron chi connectivity index (χ3n) is 9.76. The van der Waals surface area contributed by atoms with Crippen LogP contribution >= 0.6 is 11.3 Å². The van der Waals surface area contributed by atoms with Crippen molar-refractivity contribution in [2.45, 2.75) is 95.6 Å². The molecule has 0 radical (unpaired) electrons. The maximum atomic E-state index is 14.9. The molecule has 14 heteroatoms. The Kier molecular flexibility index (Phi) is 12.5. The summed E-state index contributed by atoms with van der Waals surface area (Å²) < 4.78 is 59.8. The number of hydrogen-bond donors (Lipinski definition) is 1. The number of aromatic nitrogens is 1. The molecule has 52 heavy (non-hydrogen) atoms. The molecule has 1 aromatic carbocycles. The molecule has 0 spiro atoms. The van der Waals surface area contributed by atoms with E-state index in [1.807, 2.05) is 19.9 Å². The molecule has 2 aliphatic rings. The van der Waals surface area contributed by atoms with Crippen molar-refractivity contribution >= 4 is 29.1 Å². The van der Waals surface area contributed by atoms with Crippen LogP contribution in [0.4, 0.5) is 13.2 Å². The van der Waals surface area contributed by atoms with E-state index in [2.05, 4.69) is 4.98 Å². The Hall–Kier alpha value is -4.17. The van der Waals surface area contributed by atoms with Gasteiger partial charge in [-0.25, -0.2) is 0 Å². The Balaban J connectivity index is 1.41. The second-order valence-electron chi connectivity index (χ2n) is 13.3. The van der Waals surface area contributed by atoms with Gasteiger partial charge < -0.3 is 29.1 Å². The predicted octanol–water partition coefficient (Wildman–Crippen LogP) is 6.93. The van der Waals surface area contributed by atoms with Crippen LogP contribution in [0.25, 0.3) is 0 Å². The SMILES string of the molecule is CCC[C@H]1N(C(=O)c2cnccc2C(F)(F)F)CCC[C@@]1(Oc1csc(C)c1)C(=O)N1CCC(O)(c2ccccc2OCCCC(=O)OCC)CC1. The Morgan fingerprint density at radius 1 is 1.08 bits per heavy atom. The molecule has 2 fully saturated rings. The second kappa shape index (κ2) is 16.7. The zero-order chi connectivity index (χ0) is 37.5. The highest BCUT2D eigenvalue weighted by Crippen LogP contribution is 2.43. The van der Waals surface area contributed by atoms with E-state index < -0.39 is 40.5 Å². The number of aryl methyl sites for hydroxylation is 1. The molecule has 2 aliphatic heterocycles. The molecule has 2 aromatic heterocycles. The summed E-state index contributed by atoms with van der Waals surface area (Å²) in [6.45, 7) is 6.56.